The molecule has 0 spiro atoms. The van der Waals surface area contributed by atoms with Crippen molar-refractivity contribution >= 4 is 14.9 Å². The van der Waals surface area contributed by atoms with Crippen LogP contribution in [0.4, 0.5) is 0 Å². The topological polar surface area (TPSA) is 0 Å². The summed E-state index contributed by atoms with van der Waals surface area (Å²) in [6.45, 7) is 6.82. The Hall–Kier alpha value is 0.130. The molecule has 0 aromatic carbocycles. The zero-order valence-corrected chi connectivity index (χ0v) is 5.91. The van der Waals surface area contributed by atoms with Gasteiger partial charge in [0.15, 0.2) is 0 Å². The van der Waals surface area contributed by atoms with Crippen molar-refractivity contribution in [3.63, 3.8) is 0 Å². The van der Waals surface area contributed by atoms with Crippen molar-refractivity contribution in [2.45, 2.75) is 27.1 Å². The maximum atomic E-state index is 2.27. The van der Waals surface area contributed by atoms with Crippen LogP contribution in [-0.4, -0.2) is 14.9 Å². The largest absolute Gasteiger partial charge is 0.0828 e. The summed E-state index contributed by atoms with van der Waals surface area (Å²) in [5, 5.41) is 0. The van der Waals surface area contributed by atoms with E-state index in [-0.39, 0.29) is 0 Å². The lowest BCUT2D eigenvalue weighted by molar-refractivity contribution is 0.468. The Bertz CT molecular complexity index is 44.5. The molecule has 0 aromatic heterocycles. The van der Waals surface area contributed by atoms with Crippen LogP contribution in [0.1, 0.15) is 20.8 Å². The van der Waals surface area contributed by atoms with Gasteiger partial charge in [0.1, 0.15) is 0 Å². The highest BCUT2D eigenvalue weighted by molar-refractivity contribution is 6.89. The van der Waals surface area contributed by atoms with Crippen LogP contribution in [0.2, 0.25) is 6.32 Å². The Morgan fingerprint density at radius 2 is 1.86 bits per heavy atom. The Balaban J connectivity index is 3.15. The Kier molecular flexibility index (Phi) is 2.49. The summed E-state index contributed by atoms with van der Waals surface area (Å²) in [4.78, 5) is 0. The summed E-state index contributed by atoms with van der Waals surface area (Å²) in [6, 6.07) is 0. The van der Waals surface area contributed by atoms with E-state index in [1.165, 1.54) is 13.5 Å². The van der Waals surface area contributed by atoms with Crippen LogP contribution >= 0.6 is 0 Å². The molecule has 0 amide bonds. The summed E-state index contributed by atoms with van der Waals surface area (Å²) < 4.78 is 0. The Labute approximate surface area is 48.3 Å². The quantitative estimate of drug-likeness (QED) is 0.415. The normalized spacial score (nSPS) is 11.3. The average molecular weight is 95.8 g/mol. The van der Waals surface area contributed by atoms with Crippen molar-refractivity contribution in [2.75, 3.05) is 0 Å². The first-order valence-corrected chi connectivity index (χ1v) is 3.06. The van der Waals surface area contributed by atoms with Gasteiger partial charge < -0.3 is 0 Å². The highest BCUT2D eigenvalue weighted by Gasteiger charge is 2.06. The molecule has 0 saturated heterocycles. The van der Waals surface area contributed by atoms with Gasteiger partial charge in [0.05, 0.1) is 14.9 Å². The fourth-order valence-corrected chi connectivity index (χ4v) is 0.750. The van der Waals surface area contributed by atoms with E-state index in [0.717, 1.165) is 0 Å². The molecule has 0 fully saturated rings. The third-order valence-corrected chi connectivity index (χ3v) is 1.000. The van der Waals surface area contributed by atoms with Gasteiger partial charge in [-0.05, 0) is 5.41 Å². The first kappa shape index (κ1) is 7.13. The first-order chi connectivity index (χ1) is 3.06. The Morgan fingerprint density at radius 3 is 1.86 bits per heavy atom. The van der Waals surface area contributed by atoms with Crippen LogP contribution in [0.15, 0.2) is 0 Å². The maximum Gasteiger partial charge on any atom is 0.0828 e. The van der Waals surface area contributed by atoms with Gasteiger partial charge in [-0.3, -0.25) is 0 Å². The third-order valence-electron chi connectivity index (χ3n) is 1.000. The molecule has 0 saturated carbocycles. The second-order valence-corrected chi connectivity index (χ2v) is 3.31. The Morgan fingerprint density at radius 1 is 1.43 bits per heavy atom. The van der Waals surface area contributed by atoms with E-state index < -0.39 is 0 Å². The third kappa shape index (κ3) is 6.13. The minimum Gasteiger partial charge on any atom is -0.0802 e. The summed E-state index contributed by atoms with van der Waals surface area (Å²) >= 11 is 0. The second-order valence-electron chi connectivity index (χ2n) is 3.31. The maximum absolute atomic E-state index is 2.27. The number of rotatable bonds is 1. The van der Waals surface area contributed by atoms with E-state index >= 15 is 0 Å². The molecule has 0 atom stereocenters. The standard InChI is InChI=1S/C5H14B2/c1-5(2,3)4-7-6/h7H,4,6H2,1-3H3. The van der Waals surface area contributed by atoms with Crippen molar-refractivity contribution in [2.24, 2.45) is 5.41 Å². The fraction of sp³-hybridized carbons (Fsp3) is 1.00. The van der Waals surface area contributed by atoms with Crippen LogP contribution in [0.5, 0.6) is 0 Å². The van der Waals surface area contributed by atoms with Gasteiger partial charge in [-0.2, -0.15) is 0 Å². The van der Waals surface area contributed by atoms with Crippen LogP contribution in [0, 0.1) is 5.41 Å². The number of hydrogen-bond donors (Lipinski definition) is 0. The average Bonchev–Trinajstić information content (AvgIpc) is 1.30. The van der Waals surface area contributed by atoms with Gasteiger partial charge in [-0.25, -0.2) is 0 Å². The molecule has 0 N–H and O–H groups in total. The van der Waals surface area contributed by atoms with Gasteiger partial charge in [-0.15, -0.1) is 0 Å². The minimum absolute atomic E-state index is 0.550. The SMILES string of the molecule is BBCC(C)(C)C. The van der Waals surface area contributed by atoms with Gasteiger partial charge in [0, 0.05) is 0 Å². The molecule has 0 unspecified atom stereocenters. The molecule has 2 heteroatoms. The predicted molar refractivity (Wildman–Crippen MR) is 40.0 cm³/mol. The summed E-state index contributed by atoms with van der Waals surface area (Å²) in [5.74, 6) is 0. The highest BCUT2D eigenvalue weighted by atomic mass is 14.1. The van der Waals surface area contributed by atoms with E-state index in [2.05, 4.69) is 28.5 Å². The zero-order valence-electron chi connectivity index (χ0n) is 5.91. The zero-order chi connectivity index (χ0) is 5.91. The van der Waals surface area contributed by atoms with Gasteiger partial charge >= 0.3 is 0 Å². The van der Waals surface area contributed by atoms with Crippen molar-refractivity contribution in [3.8, 4) is 0 Å². The smallest absolute Gasteiger partial charge is 0.0802 e. The molecule has 0 bridgehead atoms. The van der Waals surface area contributed by atoms with Crippen molar-refractivity contribution < 1.29 is 0 Å². The molecule has 0 aliphatic rings. The van der Waals surface area contributed by atoms with Crippen LogP contribution < -0.4 is 0 Å². The predicted octanol–water partition coefficient (Wildman–Crippen LogP) is 0.435. The monoisotopic (exact) mass is 96.1 g/mol. The molecule has 0 rings (SSSR count). The molecule has 0 heterocycles. The lowest BCUT2D eigenvalue weighted by atomic mass is 9.49. The van der Waals surface area contributed by atoms with E-state index in [4.69, 9.17) is 0 Å². The molecular formula is C5H14B2. The highest BCUT2D eigenvalue weighted by Crippen LogP contribution is 2.16. The molecule has 0 aliphatic heterocycles. The lowest BCUT2D eigenvalue weighted by Crippen LogP contribution is -2.07. The first-order valence-electron chi connectivity index (χ1n) is 3.06. The van der Waals surface area contributed by atoms with Gasteiger partial charge in [-0.1, -0.05) is 27.1 Å². The van der Waals surface area contributed by atoms with Crippen molar-refractivity contribution in [1.82, 2.24) is 0 Å². The summed E-state index contributed by atoms with van der Waals surface area (Å²) in [5.41, 5.74) is 0.550. The molecule has 40 valence electrons. The van der Waals surface area contributed by atoms with Crippen LogP contribution in [-0.2, 0) is 0 Å². The second kappa shape index (κ2) is 2.44. The number of hydrogen-bond acceptors (Lipinski definition) is 0. The lowest BCUT2D eigenvalue weighted by Gasteiger charge is -2.15. The van der Waals surface area contributed by atoms with Crippen LogP contribution in [0.3, 0.4) is 0 Å². The van der Waals surface area contributed by atoms with E-state index in [1.54, 1.807) is 0 Å². The van der Waals surface area contributed by atoms with Gasteiger partial charge in [0.2, 0.25) is 0 Å². The summed E-state index contributed by atoms with van der Waals surface area (Å²) in [6.07, 6.45) is 1.34. The minimum atomic E-state index is 0.550. The van der Waals surface area contributed by atoms with E-state index in [9.17, 15) is 0 Å². The molecule has 7 heavy (non-hydrogen) atoms. The fourth-order valence-electron chi connectivity index (χ4n) is 0.750. The van der Waals surface area contributed by atoms with Crippen molar-refractivity contribution in [1.29, 1.82) is 0 Å². The molecular weight excluding hydrogens is 81.7 g/mol. The molecule has 0 aromatic rings. The van der Waals surface area contributed by atoms with Crippen molar-refractivity contribution in [3.05, 3.63) is 0 Å². The summed E-state index contributed by atoms with van der Waals surface area (Å²) in [7, 11) is 3.54. The molecule has 0 radical (unpaired) electrons. The van der Waals surface area contributed by atoms with Crippen LogP contribution in [0.25, 0.3) is 0 Å². The van der Waals surface area contributed by atoms with E-state index in [1.807, 2.05) is 0 Å². The molecule has 0 nitrogen and oxygen atoms in total. The van der Waals surface area contributed by atoms with E-state index in [0.29, 0.717) is 5.41 Å². The molecule has 0 aliphatic carbocycles. The van der Waals surface area contributed by atoms with Gasteiger partial charge in [0.25, 0.3) is 0 Å².